The fraction of sp³-hybridized carbons (Fsp3) is 0.500. The Morgan fingerprint density at radius 2 is 1.95 bits per heavy atom. The Morgan fingerprint density at radius 1 is 1.32 bits per heavy atom. The zero-order valence-corrected chi connectivity index (χ0v) is 15.0. The lowest BCUT2D eigenvalue weighted by Crippen LogP contribution is -2.43. The Kier molecular flexibility index (Phi) is 6.50. The molecular weight excluding hydrogens is 372 g/mol. The van der Waals surface area contributed by atoms with Crippen LogP contribution in [0.15, 0.2) is 27.1 Å². The van der Waals surface area contributed by atoms with Gasteiger partial charge in [0.1, 0.15) is 0 Å². The first kappa shape index (κ1) is 16.7. The van der Waals surface area contributed by atoms with Crippen molar-refractivity contribution in [3.63, 3.8) is 0 Å². The molecule has 5 heteroatoms. The molecule has 0 aliphatic carbocycles. The highest BCUT2D eigenvalue weighted by atomic mass is 79.9. The molecule has 0 aliphatic heterocycles. The molecule has 1 rings (SSSR count). The van der Waals surface area contributed by atoms with Crippen LogP contribution in [-0.4, -0.2) is 48.9 Å². The van der Waals surface area contributed by atoms with Gasteiger partial charge in [-0.2, -0.15) is 0 Å². The van der Waals surface area contributed by atoms with Gasteiger partial charge < -0.3 is 9.80 Å². The highest BCUT2D eigenvalue weighted by Gasteiger charge is 2.22. The Hall–Kier alpha value is -0.390. The Bertz CT molecular complexity index is 449. The quantitative estimate of drug-likeness (QED) is 0.765. The number of carbonyl (C=O) groups is 1. The SMILES string of the molecule is CCN(C(=O)c1cc(Br)ccc1Br)C(C)CN(C)C. The largest absolute Gasteiger partial charge is 0.335 e. The standard InChI is InChI=1S/C14H20Br2N2O/c1-5-18(10(2)9-17(3)4)14(19)12-8-11(15)6-7-13(12)16/h6-8,10H,5,9H2,1-4H3. The molecule has 0 bridgehead atoms. The summed E-state index contributed by atoms with van der Waals surface area (Å²) in [6, 6.07) is 5.85. The van der Waals surface area contributed by atoms with Gasteiger partial charge in [-0.15, -0.1) is 0 Å². The van der Waals surface area contributed by atoms with Gasteiger partial charge in [-0.05, 0) is 62.1 Å². The summed E-state index contributed by atoms with van der Waals surface area (Å²) in [6.07, 6.45) is 0. The molecule has 1 aromatic carbocycles. The Labute approximate surface area is 132 Å². The summed E-state index contributed by atoms with van der Waals surface area (Å²) in [6.45, 7) is 5.64. The van der Waals surface area contributed by atoms with Crippen LogP contribution >= 0.6 is 31.9 Å². The van der Waals surface area contributed by atoms with Crippen molar-refractivity contribution in [3.8, 4) is 0 Å². The van der Waals surface area contributed by atoms with Crippen LogP contribution in [0.2, 0.25) is 0 Å². The van der Waals surface area contributed by atoms with E-state index in [9.17, 15) is 4.79 Å². The van der Waals surface area contributed by atoms with Crippen molar-refractivity contribution in [1.82, 2.24) is 9.80 Å². The molecule has 0 saturated heterocycles. The van der Waals surface area contributed by atoms with Crippen LogP contribution in [0.5, 0.6) is 0 Å². The molecule has 0 N–H and O–H groups in total. The van der Waals surface area contributed by atoms with E-state index >= 15 is 0 Å². The van der Waals surface area contributed by atoms with E-state index < -0.39 is 0 Å². The van der Waals surface area contributed by atoms with E-state index in [0.717, 1.165) is 15.5 Å². The van der Waals surface area contributed by atoms with Gasteiger partial charge in [0, 0.05) is 28.1 Å². The van der Waals surface area contributed by atoms with Gasteiger partial charge in [0.05, 0.1) is 5.56 Å². The first-order valence-corrected chi connectivity index (χ1v) is 7.86. The van der Waals surface area contributed by atoms with Crippen LogP contribution < -0.4 is 0 Å². The van der Waals surface area contributed by atoms with E-state index in [2.05, 4.69) is 43.7 Å². The van der Waals surface area contributed by atoms with Crippen LogP contribution in [0.3, 0.4) is 0 Å². The highest BCUT2D eigenvalue weighted by Crippen LogP contribution is 2.23. The summed E-state index contributed by atoms with van der Waals surface area (Å²) in [5.74, 6) is 0.0602. The normalized spacial score (nSPS) is 12.6. The molecule has 0 radical (unpaired) electrons. The molecule has 1 unspecified atom stereocenters. The summed E-state index contributed by atoms with van der Waals surface area (Å²) >= 11 is 6.86. The van der Waals surface area contributed by atoms with Gasteiger partial charge in [0.25, 0.3) is 5.91 Å². The minimum atomic E-state index is 0.0602. The first-order valence-electron chi connectivity index (χ1n) is 6.27. The van der Waals surface area contributed by atoms with Crippen molar-refractivity contribution in [2.45, 2.75) is 19.9 Å². The van der Waals surface area contributed by atoms with Gasteiger partial charge in [-0.3, -0.25) is 4.79 Å². The maximum absolute atomic E-state index is 12.6. The van der Waals surface area contributed by atoms with E-state index in [1.54, 1.807) is 0 Å². The minimum Gasteiger partial charge on any atom is -0.335 e. The number of hydrogen-bond donors (Lipinski definition) is 0. The fourth-order valence-electron chi connectivity index (χ4n) is 2.10. The summed E-state index contributed by atoms with van der Waals surface area (Å²) in [4.78, 5) is 16.6. The van der Waals surface area contributed by atoms with Crippen LogP contribution in [0.4, 0.5) is 0 Å². The number of nitrogens with zero attached hydrogens (tertiary/aromatic N) is 2. The number of benzene rings is 1. The average molecular weight is 392 g/mol. The molecule has 0 fully saturated rings. The smallest absolute Gasteiger partial charge is 0.255 e. The molecule has 106 valence electrons. The third-order valence-electron chi connectivity index (χ3n) is 2.92. The predicted octanol–water partition coefficient (Wildman–Crippen LogP) is 3.62. The molecular formula is C14H20Br2N2O. The van der Waals surface area contributed by atoms with E-state index in [1.165, 1.54) is 0 Å². The highest BCUT2D eigenvalue weighted by molar-refractivity contribution is 9.11. The molecule has 1 atom stereocenters. The first-order chi connectivity index (χ1) is 8.86. The summed E-state index contributed by atoms with van der Waals surface area (Å²) in [5, 5.41) is 0. The third kappa shape index (κ3) is 4.58. The van der Waals surface area contributed by atoms with Crippen molar-refractivity contribution < 1.29 is 4.79 Å². The number of rotatable bonds is 5. The van der Waals surface area contributed by atoms with Crippen molar-refractivity contribution in [3.05, 3.63) is 32.7 Å². The Balaban J connectivity index is 2.98. The number of amides is 1. The minimum absolute atomic E-state index is 0.0602. The zero-order valence-electron chi connectivity index (χ0n) is 11.8. The monoisotopic (exact) mass is 390 g/mol. The molecule has 1 aromatic rings. The van der Waals surface area contributed by atoms with E-state index in [0.29, 0.717) is 12.1 Å². The van der Waals surface area contributed by atoms with Gasteiger partial charge in [0.2, 0.25) is 0 Å². The second-order valence-corrected chi connectivity index (χ2v) is 6.60. The topological polar surface area (TPSA) is 23.6 Å². The number of halogens is 2. The van der Waals surface area contributed by atoms with Crippen molar-refractivity contribution >= 4 is 37.8 Å². The van der Waals surface area contributed by atoms with Crippen molar-refractivity contribution in [2.75, 3.05) is 27.2 Å². The summed E-state index contributed by atoms with van der Waals surface area (Å²) in [7, 11) is 4.04. The molecule has 0 aromatic heterocycles. The number of likely N-dealkylation sites (N-methyl/N-ethyl adjacent to an activating group) is 2. The summed E-state index contributed by atoms with van der Waals surface area (Å²) < 4.78 is 1.74. The van der Waals surface area contributed by atoms with E-state index in [4.69, 9.17) is 0 Å². The second kappa shape index (κ2) is 7.41. The summed E-state index contributed by atoms with van der Waals surface area (Å²) in [5.41, 5.74) is 0.696. The lowest BCUT2D eigenvalue weighted by molar-refractivity contribution is 0.0678. The molecule has 0 aliphatic rings. The van der Waals surface area contributed by atoms with Gasteiger partial charge in [-0.1, -0.05) is 15.9 Å². The fourth-order valence-corrected chi connectivity index (χ4v) is 2.88. The van der Waals surface area contributed by atoms with Crippen molar-refractivity contribution in [1.29, 1.82) is 0 Å². The number of hydrogen-bond acceptors (Lipinski definition) is 2. The molecule has 0 heterocycles. The zero-order chi connectivity index (χ0) is 14.6. The average Bonchev–Trinajstić information content (AvgIpc) is 2.32. The van der Waals surface area contributed by atoms with Crippen LogP contribution in [0.25, 0.3) is 0 Å². The predicted molar refractivity (Wildman–Crippen MR) is 86.6 cm³/mol. The van der Waals surface area contributed by atoms with Crippen LogP contribution in [0, 0.1) is 0 Å². The van der Waals surface area contributed by atoms with E-state index in [1.807, 2.05) is 44.1 Å². The number of carbonyl (C=O) groups excluding carboxylic acids is 1. The Morgan fingerprint density at radius 3 is 2.47 bits per heavy atom. The maximum atomic E-state index is 12.6. The maximum Gasteiger partial charge on any atom is 0.255 e. The van der Waals surface area contributed by atoms with Crippen LogP contribution in [0.1, 0.15) is 24.2 Å². The molecule has 0 spiro atoms. The van der Waals surface area contributed by atoms with Gasteiger partial charge in [-0.25, -0.2) is 0 Å². The van der Waals surface area contributed by atoms with Crippen molar-refractivity contribution in [2.24, 2.45) is 0 Å². The van der Waals surface area contributed by atoms with Crippen LogP contribution in [-0.2, 0) is 0 Å². The molecule has 0 saturated carbocycles. The van der Waals surface area contributed by atoms with E-state index in [-0.39, 0.29) is 11.9 Å². The molecule has 1 amide bonds. The lowest BCUT2D eigenvalue weighted by Gasteiger charge is -2.30. The molecule has 3 nitrogen and oxygen atoms in total. The van der Waals surface area contributed by atoms with Gasteiger partial charge >= 0.3 is 0 Å². The lowest BCUT2D eigenvalue weighted by atomic mass is 10.1. The second-order valence-electron chi connectivity index (χ2n) is 4.83. The van der Waals surface area contributed by atoms with Gasteiger partial charge in [0.15, 0.2) is 0 Å². The third-order valence-corrected chi connectivity index (χ3v) is 4.11. The molecule has 19 heavy (non-hydrogen) atoms.